The van der Waals surface area contributed by atoms with Gasteiger partial charge in [-0.15, -0.1) is 11.6 Å². The zero-order valence-corrected chi connectivity index (χ0v) is 10.4. The minimum Gasteiger partial charge on any atom is -0.487 e. The van der Waals surface area contributed by atoms with Crippen molar-refractivity contribution in [2.24, 2.45) is 0 Å². The van der Waals surface area contributed by atoms with Crippen LogP contribution in [-0.2, 0) is 0 Å². The lowest BCUT2D eigenvalue weighted by molar-refractivity contribution is -0.386. The Morgan fingerprint density at radius 2 is 2.25 bits per heavy atom. The van der Waals surface area contributed by atoms with Gasteiger partial charge in [-0.25, -0.2) is 4.39 Å². The molecular formula is C9H8BrClFNO3. The third-order valence-corrected chi connectivity index (χ3v) is 2.61. The molecule has 0 aliphatic carbocycles. The third kappa shape index (κ3) is 3.31. The Morgan fingerprint density at radius 1 is 1.56 bits per heavy atom. The third-order valence-electron chi connectivity index (χ3n) is 1.73. The van der Waals surface area contributed by atoms with E-state index in [0.29, 0.717) is 12.3 Å². The standard InChI is InChI=1S/C9H8BrClFNO3/c10-6-4-8(13(14)15)9(5-7(6)12)16-3-1-2-11/h4-5H,1-3H2. The number of nitro benzene ring substituents is 1. The highest BCUT2D eigenvalue weighted by Gasteiger charge is 2.18. The predicted octanol–water partition coefficient (Wildman–Crippen LogP) is 3.50. The number of hydrogen-bond acceptors (Lipinski definition) is 3. The van der Waals surface area contributed by atoms with E-state index in [1.54, 1.807) is 0 Å². The molecule has 1 aromatic carbocycles. The number of ether oxygens (including phenoxy) is 1. The summed E-state index contributed by atoms with van der Waals surface area (Å²) in [5.74, 6) is -0.311. The first-order valence-electron chi connectivity index (χ1n) is 4.38. The Morgan fingerprint density at radius 3 is 2.81 bits per heavy atom. The van der Waals surface area contributed by atoms with Crippen molar-refractivity contribution < 1.29 is 14.1 Å². The van der Waals surface area contributed by atoms with Gasteiger partial charge in [0, 0.05) is 18.0 Å². The number of nitro groups is 1. The Labute approximate surface area is 105 Å². The highest BCUT2D eigenvalue weighted by atomic mass is 79.9. The quantitative estimate of drug-likeness (QED) is 0.362. The Balaban J connectivity index is 2.95. The van der Waals surface area contributed by atoms with Gasteiger partial charge in [-0.05, 0) is 22.4 Å². The van der Waals surface area contributed by atoms with Crippen molar-refractivity contribution in [3.8, 4) is 5.75 Å². The SMILES string of the molecule is O=[N+]([O-])c1cc(Br)c(F)cc1OCCCCl. The molecule has 1 aromatic rings. The van der Waals surface area contributed by atoms with Crippen molar-refractivity contribution in [2.75, 3.05) is 12.5 Å². The molecule has 0 aliphatic rings. The number of benzene rings is 1. The fourth-order valence-electron chi connectivity index (χ4n) is 1.01. The molecule has 0 aliphatic heterocycles. The van der Waals surface area contributed by atoms with Crippen molar-refractivity contribution >= 4 is 33.2 Å². The number of rotatable bonds is 5. The molecule has 0 fully saturated rings. The van der Waals surface area contributed by atoms with E-state index in [-0.39, 0.29) is 22.5 Å². The van der Waals surface area contributed by atoms with Gasteiger partial charge in [0.05, 0.1) is 16.0 Å². The fraction of sp³-hybridized carbons (Fsp3) is 0.333. The molecule has 0 radical (unpaired) electrons. The van der Waals surface area contributed by atoms with E-state index in [0.717, 1.165) is 12.1 Å². The monoisotopic (exact) mass is 311 g/mol. The van der Waals surface area contributed by atoms with Gasteiger partial charge in [0.1, 0.15) is 5.82 Å². The summed E-state index contributed by atoms with van der Waals surface area (Å²) in [5, 5.41) is 10.7. The Bertz CT molecular complexity index is 403. The molecule has 0 heterocycles. The molecule has 4 nitrogen and oxygen atoms in total. The van der Waals surface area contributed by atoms with Crippen molar-refractivity contribution in [1.29, 1.82) is 0 Å². The molecule has 1 rings (SSSR count). The lowest BCUT2D eigenvalue weighted by atomic mass is 10.3. The molecule has 16 heavy (non-hydrogen) atoms. The van der Waals surface area contributed by atoms with Gasteiger partial charge >= 0.3 is 5.69 Å². The van der Waals surface area contributed by atoms with E-state index >= 15 is 0 Å². The molecule has 7 heteroatoms. The van der Waals surface area contributed by atoms with Crippen LogP contribution in [0.1, 0.15) is 6.42 Å². The second kappa shape index (κ2) is 6.00. The highest BCUT2D eigenvalue weighted by molar-refractivity contribution is 9.10. The number of alkyl halides is 1. The van der Waals surface area contributed by atoms with Crippen LogP contribution in [0.3, 0.4) is 0 Å². The van der Waals surface area contributed by atoms with Crippen LogP contribution in [0.25, 0.3) is 0 Å². The molecule has 0 unspecified atom stereocenters. The van der Waals surface area contributed by atoms with E-state index in [2.05, 4.69) is 15.9 Å². The minimum absolute atomic E-state index is 0.0314. The molecule has 0 saturated heterocycles. The van der Waals surface area contributed by atoms with Gasteiger partial charge in [0.2, 0.25) is 0 Å². The van der Waals surface area contributed by atoms with Gasteiger partial charge in [0.15, 0.2) is 5.75 Å². The summed E-state index contributed by atoms with van der Waals surface area (Å²) in [7, 11) is 0. The maximum absolute atomic E-state index is 13.2. The minimum atomic E-state index is -0.625. The van der Waals surface area contributed by atoms with Crippen LogP contribution in [0.4, 0.5) is 10.1 Å². The smallest absolute Gasteiger partial charge is 0.312 e. The summed E-state index contributed by atoms with van der Waals surface area (Å²) < 4.78 is 18.3. The van der Waals surface area contributed by atoms with Crippen LogP contribution in [0.15, 0.2) is 16.6 Å². The summed E-state index contributed by atoms with van der Waals surface area (Å²) in [6.45, 7) is 0.214. The van der Waals surface area contributed by atoms with E-state index in [4.69, 9.17) is 16.3 Å². The van der Waals surface area contributed by atoms with Gasteiger partial charge in [-0.2, -0.15) is 0 Å². The molecule has 0 N–H and O–H groups in total. The second-order valence-corrected chi connectivity index (χ2v) is 4.11. The highest BCUT2D eigenvalue weighted by Crippen LogP contribution is 2.32. The topological polar surface area (TPSA) is 52.4 Å². The first kappa shape index (κ1) is 13.2. The fourth-order valence-corrected chi connectivity index (χ4v) is 1.45. The number of nitrogens with zero attached hydrogens (tertiary/aromatic N) is 1. The van der Waals surface area contributed by atoms with E-state index in [9.17, 15) is 14.5 Å². The average molecular weight is 313 g/mol. The van der Waals surface area contributed by atoms with Crippen molar-refractivity contribution in [3.63, 3.8) is 0 Å². The average Bonchev–Trinajstić information content (AvgIpc) is 2.23. The van der Waals surface area contributed by atoms with Gasteiger partial charge in [0.25, 0.3) is 0 Å². The van der Waals surface area contributed by atoms with Crippen LogP contribution in [0.5, 0.6) is 5.75 Å². The lowest BCUT2D eigenvalue weighted by Gasteiger charge is -2.06. The number of hydrogen-bond donors (Lipinski definition) is 0. The summed E-state index contributed by atoms with van der Waals surface area (Å²) in [4.78, 5) is 10.0. The first-order chi connectivity index (χ1) is 7.56. The van der Waals surface area contributed by atoms with Crippen molar-refractivity contribution in [3.05, 3.63) is 32.5 Å². The molecular weight excluding hydrogens is 304 g/mol. The molecule has 0 spiro atoms. The zero-order valence-electron chi connectivity index (χ0n) is 8.08. The molecule has 0 atom stereocenters. The van der Waals surface area contributed by atoms with Crippen molar-refractivity contribution in [1.82, 2.24) is 0 Å². The molecule has 0 aromatic heterocycles. The van der Waals surface area contributed by atoms with Crippen LogP contribution < -0.4 is 4.74 Å². The zero-order chi connectivity index (χ0) is 12.1. The summed E-state index contributed by atoms with van der Waals surface area (Å²) >= 11 is 8.31. The summed E-state index contributed by atoms with van der Waals surface area (Å²) in [6, 6.07) is 2.06. The van der Waals surface area contributed by atoms with Gasteiger partial charge in [-0.1, -0.05) is 0 Å². The van der Waals surface area contributed by atoms with Crippen LogP contribution >= 0.6 is 27.5 Å². The molecule has 0 saturated carbocycles. The van der Waals surface area contributed by atoms with Crippen LogP contribution in [0.2, 0.25) is 0 Å². The van der Waals surface area contributed by atoms with Crippen LogP contribution in [0, 0.1) is 15.9 Å². The van der Waals surface area contributed by atoms with Crippen molar-refractivity contribution in [2.45, 2.75) is 6.42 Å². The normalized spacial score (nSPS) is 10.2. The summed E-state index contributed by atoms with van der Waals surface area (Å²) in [5.41, 5.74) is -0.275. The molecule has 88 valence electrons. The second-order valence-electron chi connectivity index (χ2n) is 2.88. The van der Waals surface area contributed by atoms with E-state index in [1.807, 2.05) is 0 Å². The van der Waals surface area contributed by atoms with E-state index < -0.39 is 10.7 Å². The predicted molar refractivity (Wildman–Crippen MR) is 61.6 cm³/mol. The maximum atomic E-state index is 13.2. The Kier molecular flexibility index (Phi) is 4.95. The number of halogens is 3. The molecule has 0 amide bonds. The van der Waals surface area contributed by atoms with E-state index in [1.165, 1.54) is 0 Å². The Hall–Kier alpha value is -0.880. The first-order valence-corrected chi connectivity index (χ1v) is 5.71. The lowest BCUT2D eigenvalue weighted by Crippen LogP contribution is -2.02. The van der Waals surface area contributed by atoms with Crippen LogP contribution in [-0.4, -0.2) is 17.4 Å². The largest absolute Gasteiger partial charge is 0.487 e. The molecule has 0 bridgehead atoms. The summed E-state index contributed by atoms with van der Waals surface area (Å²) in [6.07, 6.45) is 0.538. The van der Waals surface area contributed by atoms with Gasteiger partial charge in [-0.3, -0.25) is 10.1 Å². The van der Waals surface area contributed by atoms with Gasteiger partial charge < -0.3 is 4.74 Å². The maximum Gasteiger partial charge on any atom is 0.312 e.